The van der Waals surface area contributed by atoms with Crippen molar-refractivity contribution in [1.82, 2.24) is 10.2 Å². The van der Waals surface area contributed by atoms with Gasteiger partial charge in [0, 0.05) is 31.6 Å². The maximum atomic E-state index is 12.2. The van der Waals surface area contributed by atoms with Crippen molar-refractivity contribution in [3.63, 3.8) is 0 Å². The molecule has 0 aliphatic heterocycles. The maximum Gasteiger partial charge on any atom is 0.251 e. The molecule has 0 unspecified atom stereocenters. The third-order valence-corrected chi connectivity index (χ3v) is 4.39. The van der Waals surface area contributed by atoms with Gasteiger partial charge in [0.15, 0.2) is 0 Å². The molecule has 1 N–H and O–H groups in total. The minimum atomic E-state index is -0.143. The Morgan fingerprint density at radius 3 is 2.65 bits per heavy atom. The fourth-order valence-corrected chi connectivity index (χ4v) is 3.15. The molecule has 0 saturated heterocycles. The molecule has 0 heterocycles. The lowest BCUT2D eigenvalue weighted by Crippen LogP contribution is -2.44. The average molecular weight is 318 g/mol. The molecule has 5 heteroatoms. The molecule has 126 valence electrons. The Bertz CT molecular complexity index is 539. The van der Waals surface area contributed by atoms with Gasteiger partial charge in [-0.2, -0.15) is 0 Å². The van der Waals surface area contributed by atoms with Gasteiger partial charge in [0.25, 0.3) is 5.91 Å². The van der Waals surface area contributed by atoms with Crippen molar-refractivity contribution >= 4 is 11.8 Å². The van der Waals surface area contributed by atoms with Gasteiger partial charge in [0.2, 0.25) is 5.91 Å². The molecule has 0 atom stereocenters. The number of hydrogen-bond acceptors (Lipinski definition) is 3. The van der Waals surface area contributed by atoms with Gasteiger partial charge in [-0.25, -0.2) is 0 Å². The Morgan fingerprint density at radius 1 is 1.26 bits per heavy atom. The number of carbonyl (C=O) groups is 2. The van der Waals surface area contributed by atoms with Gasteiger partial charge in [-0.15, -0.1) is 0 Å². The summed E-state index contributed by atoms with van der Waals surface area (Å²) in [6.45, 7) is 2.64. The van der Waals surface area contributed by atoms with Crippen LogP contribution in [-0.2, 0) is 4.79 Å². The molecule has 1 saturated carbocycles. The quantitative estimate of drug-likeness (QED) is 0.877. The molecule has 1 aromatic carbocycles. The number of carbonyl (C=O) groups excluding carboxylic acids is 2. The minimum Gasteiger partial charge on any atom is -0.497 e. The molecule has 2 rings (SSSR count). The van der Waals surface area contributed by atoms with E-state index < -0.39 is 0 Å². The monoisotopic (exact) mass is 318 g/mol. The third kappa shape index (κ3) is 4.98. The highest BCUT2D eigenvalue weighted by Crippen LogP contribution is 2.22. The minimum absolute atomic E-state index is 0.0903. The van der Waals surface area contributed by atoms with Gasteiger partial charge < -0.3 is 15.0 Å². The van der Waals surface area contributed by atoms with Crippen LogP contribution in [0.25, 0.3) is 0 Å². The molecule has 0 aromatic heterocycles. The topological polar surface area (TPSA) is 58.6 Å². The SMILES string of the molecule is COc1cccc(C(=O)NCCN(C(C)=O)C2CCCCC2)c1. The Morgan fingerprint density at radius 2 is 2.00 bits per heavy atom. The lowest BCUT2D eigenvalue weighted by molar-refractivity contribution is -0.131. The smallest absolute Gasteiger partial charge is 0.251 e. The van der Waals surface area contributed by atoms with Crippen molar-refractivity contribution in [1.29, 1.82) is 0 Å². The van der Waals surface area contributed by atoms with Gasteiger partial charge in [-0.05, 0) is 31.0 Å². The van der Waals surface area contributed by atoms with Crippen molar-refractivity contribution in [2.45, 2.75) is 45.1 Å². The van der Waals surface area contributed by atoms with E-state index >= 15 is 0 Å². The van der Waals surface area contributed by atoms with Crippen LogP contribution in [0.1, 0.15) is 49.4 Å². The lowest BCUT2D eigenvalue weighted by atomic mass is 9.94. The first-order valence-corrected chi connectivity index (χ1v) is 8.31. The summed E-state index contributed by atoms with van der Waals surface area (Å²) in [4.78, 5) is 25.9. The second-order valence-corrected chi connectivity index (χ2v) is 5.99. The lowest BCUT2D eigenvalue weighted by Gasteiger charge is -2.33. The van der Waals surface area contributed by atoms with Crippen molar-refractivity contribution in [2.75, 3.05) is 20.2 Å². The van der Waals surface area contributed by atoms with E-state index in [1.165, 1.54) is 19.3 Å². The Balaban J connectivity index is 1.86. The van der Waals surface area contributed by atoms with E-state index in [2.05, 4.69) is 5.32 Å². The van der Waals surface area contributed by atoms with Crippen LogP contribution in [0.2, 0.25) is 0 Å². The number of methoxy groups -OCH3 is 1. The second-order valence-electron chi connectivity index (χ2n) is 5.99. The van der Waals surface area contributed by atoms with Gasteiger partial charge in [-0.3, -0.25) is 9.59 Å². The number of hydrogen-bond donors (Lipinski definition) is 1. The van der Waals surface area contributed by atoms with Crippen LogP contribution in [0.4, 0.5) is 0 Å². The van der Waals surface area contributed by atoms with Gasteiger partial charge in [0.05, 0.1) is 7.11 Å². The van der Waals surface area contributed by atoms with E-state index in [1.807, 2.05) is 4.90 Å². The summed E-state index contributed by atoms with van der Waals surface area (Å²) in [6, 6.07) is 7.38. The summed E-state index contributed by atoms with van der Waals surface area (Å²) in [5, 5.41) is 2.89. The van der Waals surface area contributed by atoms with Crippen LogP contribution < -0.4 is 10.1 Å². The van der Waals surface area contributed by atoms with E-state index in [1.54, 1.807) is 38.3 Å². The molecule has 1 aliphatic rings. The highest BCUT2D eigenvalue weighted by molar-refractivity contribution is 5.94. The van der Waals surface area contributed by atoms with Crippen molar-refractivity contribution in [3.05, 3.63) is 29.8 Å². The van der Waals surface area contributed by atoms with E-state index in [-0.39, 0.29) is 11.8 Å². The fourth-order valence-electron chi connectivity index (χ4n) is 3.15. The largest absolute Gasteiger partial charge is 0.497 e. The number of ether oxygens (including phenoxy) is 1. The molecular weight excluding hydrogens is 292 g/mol. The number of rotatable bonds is 6. The van der Waals surface area contributed by atoms with Gasteiger partial charge >= 0.3 is 0 Å². The standard InChI is InChI=1S/C18H26N2O3/c1-14(21)20(16-8-4-3-5-9-16)12-11-19-18(22)15-7-6-10-17(13-15)23-2/h6-7,10,13,16H,3-5,8-9,11-12H2,1-2H3,(H,19,22). The van der Waals surface area contributed by atoms with E-state index in [9.17, 15) is 9.59 Å². The molecule has 0 radical (unpaired) electrons. The molecule has 0 spiro atoms. The molecular formula is C18H26N2O3. The predicted octanol–water partition coefficient (Wildman–Crippen LogP) is 2.61. The van der Waals surface area contributed by atoms with Crippen LogP contribution in [0.15, 0.2) is 24.3 Å². The average Bonchev–Trinajstić information content (AvgIpc) is 2.59. The van der Waals surface area contributed by atoms with Crippen LogP contribution in [0.3, 0.4) is 0 Å². The molecule has 23 heavy (non-hydrogen) atoms. The van der Waals surface area contributed by atoms with Crippen LogP contribution in [-0.4, -0.2) is 43.0 Å². The molecule has 5 nitrogen and oxygen atoms in total. The second kappa shape index (κ2) is 8.56. The number of nitrogens with zero attached hydrogens (tertiary/aromatic N) is 1. The summed E-state index contributed by atoms with van der Waals surface area (Å²) in [6.07, 6.45) is 5.77. The van der Waals surface area contributed by atoms with Gasteiger partial charge in [-0.1, -0.05) is 25.3 Å². The summed E-state index contributed by atoms with van der Waals surface area (Å²) in [5.74, 6) is 0.605. The highest BCUT2D eigenvalue weighted by atomic mass is 16.5. The normalized spacial score (nSPS) is 15.0. The first-order valence-electron chi connectivity index (χ1n) is 8.31. The molecule has 1 fully saturated rings. The number of amides is 2. The molecule has 2 amide bonds. The van der Waals surface area contributed by atoms with Crippen molar-refractivity contribution in [3.8, 4) is 5.75 Å². The Labute approximate surface area is 138 Å². The fraction of sp³-hybridized carbons (Fsp3) is 0.556. The zero-order valence-corrected chi connectivity index (χ0v) is 14.0. The Kier molecular flexibility index (Phi) is 6.44. The first kappa shape index (κ1) is 17.3. The summed E-state index contributed by atoms with van der Waals surface area (Å²) < 4.78 is 5.13. The predicted molar refractivity (Wildman–Crippen MR) is 89.6 cm³/mol. The number of nitrogens with one attached hydrogen (secondary N) is 1. The van der Waals surface area contributed by atoms with Crippen LogP contribution >= 0.6 is 0 Å². The van der Waals surface area contributed by atoms with Crippen molar-refractivity contribution < 1.29 is 14.3 Å². The molecule has 1 aromatic rings. The molecule has 1 aliphatic carbocycles. The first-order chi connectivity index (χ1) is 11.1. The summed E-state index contributed by atoms with van der Waals surface area (Å²) in [7, 11) is 1.58. The molecule has 0 bridgehead atoms. The zero-order valence-electron chi connectivity index (χ0n) is 14.0. The Hall–Kier alpha value is -2.04. The maximum absolute atomic E-state index is 12.2. The summed E-state index contributed by atoms with van der Waals surface area (Å²) >= 11 is 0. The van der Waals surface area contributed by atoms with E-state index in [0.717, 1.165) is 12.8 Å². The van der Waals surface area contributed by atoms with Crippen LogP contribution in [0.5, 0.6) is 5.75 Å². The van der Waals surface area contributed by atoms with Gasteiger partial charge in [0.1, 0.15) is 5.75 Å². The van der Waals surface area contributed by atoms with Crippen LogP contribution in [0, 0.1) is 0 Å². The summed E-state index contributed by atoms with van der Waals surface area (Å²) in [5.41, 5.74) is 0.566. The van der Waals surface area contributed by atoms with E-state index in [4.69, 9.17) is 4.74 Å². The zero-order chi connectivity index (χ0) is 16.7. The van der Waals surface area contributed by atoms with Crippen molar-refractivity contribution in [2.24, 2.45) is 0 Å². The highest BCUT2D eigenvalue weighted by Gasteiger charge is 2.22. The third-order valence-electron chi connectivity index (χ3n) is 4.39. The van der Waals surface area contributed by atoms with E-state index in [0.29, 0.717) is 30.4 Å². The number of benzene rings is 1.